The Morgan fingerprint density at radius 2 is 1.93 bits per heavy atom. The Kier molecular flexibility index (Phi) is 6.80. The molecule has 0 aliphatic carbocycles. The number of rotatable bonds is 6. The highest BCUT2D eigenvalue weighted by Crippen LogP contribution is 2.23. The van der Waals surface area contributed by atoms with E-state index in [-0.39, 0.29) is 24.3 Å². The number of halogens is 1. The number of aromatic hydroxyl groups is 1. The maximum Gasteiger partial charge on any atom is 0.338 e. The average Bonchev–Trinajstić information content (AvgIpc) is 2.65. The number of anilines is 1. The van der Waals surface area contributed by atoms with Gasteiger partial charge in [-0.3, -0.25) is 4.79 Å². The fraction of sp³-hybridized carbons (Fsp3) is 0.250. The zero-order valence-electron chi connectivity index (χ0n) is 15.0. The van der Waals surface area contributed by atoms with Gasteiger partial charge in [-0.05, 0) is 55.3 Å². The van der Waals surface area contributed by atoms with Crippen LogP contribution in [0.2, 0.25) is 5.02 Å². The van der Waals surface area contributed by atoms with Crippen LogP contribution in [0, 0.1) is 25.2 Å². The lowest BCUT2D eigenvalue weighted by Crippen LogP contribution is -2.35. The SMILES string of the molecule is Cc1ccc(C(=O)OCC(=O)N(CCC#N)c2ccc(Cl)c(C)c2)cc1O. The summed E-state index contributed by atoms with van der Waals surface area (Å²) in [7, 11) is 0. The number of aryl methyl sites for hydroxylation is 2. The third-order valence-electron chi connectivity index (χ3n) is 3.97. The van der Waals surface area contributed by atoms with E-state index in [4.69, 9.17) is 21.6 Å². The molecule has 2 aromatic carbocycles. The van der Waals surface area contributed by atoms with Gasteiger partial charge in [0, 0.05) is 17.3 Å². The van der Waals surface area contributed by atoms with Crippen LogP contribution in [-0.4, -0.2) is 30.1 Å². The fourth-order valence-corrected chi connectivity index (χ4v) is 2.50. The lowest BCUT2D eigenvalue weighted by molar-refractivity contribution is -0.121. The molecule has 140 valence electrons. The molecule has 7 heteroatoms. The van der Waals surface area contributed by atoms with E-state index in [1.807, 2.05) is 13.0 Å². The molecule has 0 saturated heterocycles. The first-order chi connectivity index (χ1) is 12.8. The highest BCUT2D eigenvalue weighted by molar-refractivity contribution is 6.31. The van der Waals surface area contributed by atoms with Gasteiger partial charge in [0.15, 0.2) is 6.61 Å². The third kappa shape index (κ3) is 5.22. The second kappa shape index (κ2) is 9.06. The summed E-state index contributed by atoms with van der Waals surface area (Å²) in [6.07, 6.45) is 0.132. The number of nitriles is 1. The minimum absolute atomic E-state index is 0.0249. The number of benzene rings is 2. The van der Waals surface area contributed by atoms with Crippen molar-refractivity contribution in [2.24, 2.45) is 0 Å². The Morgan fingerprint density at radius 3 is 2.56 bits per heavy atom. The smallest absolute Gasteiger partial charge is 0.338 e. The Labute approximate surface area is 162 Å². The lowest BCUT2D eigenvalue weighted by Gasteiger charge is -2.22. The normalized spacial score (nSPS) is 10.1. The molecule has 27 heavy (non-hydrogen) atoms. The number of hydrogen-bond donors (Lipinski definition) is 1. The van der Waals surface area contributed by atoms with Crippen molar-refractivity contribution in [1.29, 1.82) is 5.26 Å². The second-order valence-electron chi connectivity index (χ2n) is 5.96. The Morgan fingerprint density at radius 1 is 1.19 bits per heavy atom. The van der Waals surface area contributed by atoms with E-state index in [1.165, 1.54) is 17.0 Å². The van der Waals surface area contributed by atoms with Gasteiger partial charge < -0.3 is 14.7 Å². The zero-order chi connectivity index (χ0) is 20.0. The summed E-state index contributed by atoms with van der Waals surface area (Å²) in [4.78, 5) is 26.1. The summed E-state index contributed by atoms with van der Waals surface area (Å²) in [6, 6.07) is 11.5. The molecule has 2 rings (SSSR count). The van der Waals surface area contributed by atoms with Crippen molar-refractivity contribution in [1.82, 2.24) is 0 Å². The Hall–Kier alpha value is -3.04. The average molecular weight is 387 g/mol. The molecule has 0 aliphatic rings. The molecule has 0 atom stereocenters. The van der Waals surface area contributed by atoms with Crippen LogP contribution in [0.1, 0.15) is 27.9 Å². The summed E-state index contributed by atoms with van der Waals surface area (Å²) >= 11 is 6.02. The molecule has 0 fully saturated rings. The number of phenolic OH excluding ortho intramolecular Hbond substituents is 1. The first-order valence-corrected chi connectivity index (χ1v) is 8.61. The molecular formula is C20H19ClN2O4. The van der Waals surface area contributed by atoms with Crippen LogP contribution in [0.25, 0.3) is 0 Å². The molecule has 1 N–H and O–H groups in total. The number of carbonyl (C=O) groups is 2. The van der Waals surface area contributed by atoms with Crippen molar-refractivity contribution >= 4 is 29.2 Å². The van der Waals surface area contributed by atoms with Crippen LogP contribution >= 0.6 is 11.6 Å². The van der Waals surface area contributed by atoms with Gasteiger partial charge in [0.1, 0.15) is 5.75 Å². The van der Waals surface area contributed by atoms with Crippen LogP contribution in [-0.2, 0) is 9.53 Å². The van der Waals surface area contributed by atoms with Crippen LogP contribution in [0.15, 0.2) is 36.4 Å². The van der Waals surface area contributed by atoms with Gasteiger partial charge in [-0.25, -0.2) is 4.79 Å². The Balaban J connectivity index is 2.11. The molecule has 0 heterocycles. The van der Waals surface area contributed by atoms with E-state index in [2.05, 4.69) is 0 Å². The molecular weight excluding hydrogens is 368 g/mol. The molecule has 6 nitrogen and oxygen atoms in total. The van der Waals surface area contributed by atoms with Gasteiger partial charge >= 0.3 is 5.97 Å². The number of hydrogen-bond acceptors (Lipinski definition) is 5. The maximum absolute atomic E-state index is 12.6. The van der Waals surface area contributed by atoms with Crippen molar-refractivity contribution in [3.63, 3.8) is 0 Å². The number of ether oxygens (including phenoxy) is 1. The molecule has 0 aromatic heterocycles. The summed E-state index contributed by atoms with van der Waals surface area (Å²) in [5, 5.41) is 19.1. The van der Waals surface area contributed by atoms with E-state index in [0.717, 1.165) is 5.56 Å². The van der Waals surface area contributed by atoms with E-state index in [1.54, 1.807) is 31.2 Å². The molecule has 0 saturated carbocycles. The van der Waals surface area contributed by atoms with E-state index >= 15 is 0 Å². The van der Waals surface area contributed by atoms with Crippen molar-refractivity contribution in [2.45, 2.75) is 20.3 Å². The van der Waals surface area contributed by atoms with Crippen molar-refractivity contribution in [3.05, 3.63) is 58.1 Å². The Bertz CT molecular complexity index is 905. The van der Waals surface area contributed by atoms with Gasteiger partial charge in [-0.15, -0.1) is 0 Å². The van der Waals surface area contributed by atoms with Gasteiger partial charge in [0.2, 0.25) is 0 Å². The van der Waals surface area contributed by atoms with Crippen molar-refractivity contribution in [3.8, 4) is 11.8 Å². The lowest BCUT2D eigenvalue weighted by atomic mass is 10.1. The summed E-state index contributed by atoms with van der Waals surface area (Å²) in [6.45, 7) is 3.19. The standard InChI is InChI=1S/C20H19ClN2O4/c1-13-4-5-15(11-18(13)24)20(26)27-12-19(25)23(9-3-8-22)16-6-7-17(21)14(2)10-16/h4-7,10-11,24H,3,9,12H2,1-2H3. The van der Waals surface area contributed by atoms with Gasteiger partial charge in [-0.1, -0.05) is 17.7 Å². The van der Waals surface area contributed by atoms with E-state index in [0.29, 0.717) is 16.3 Å². The predicted molar refractivity (Wildman–Crippen MR) is 102 cm³/mol. The molecule has 0 unspecified atom stereocenters. The largest absolute Gasteiger partial charge is 0.508 e. The summed E-state index contributed by atoms with van der Waals surface area (Å²) in [5.41, 5.74) is 2.14. The first-order valence-electron chi connectivity index (χ1n) is 8.23. The van der Waals surface area contributed by atoms with Crippen molar-refractivity contribution < 1.29 is 19.4 Å². The van der Waals surface area contributed by atoms with Crippen molar-refractivity contribution in [2.75, 3.05) is 18.1 Å². The number of nitrogens with zero attached hydrogens (tertiary/aromatic N) is 2. The monoisotopic (exact) mass is 386 g/mol. The first kappa shape index (κ1) is 20.3. The van der Waals surface area contributed by atoms with Gasteiger partial charge in [0.05, 0.1) is 18.1 Å². The molecule has 2 aromatic rings. The second-order valence-corrected chi connectivity index (χ2v) is 6.37. The third-order valence-corrected chi connectivity index (χ3v) is 4.40. The van der Waals surface area contributed by atoms with Crippen LogP contribution < -0.4 is 4.90 Å². The summed E-state index contributed by atoms with van der Waals surface area (Å²) < 4.78 is 5.07. The van der Waals surface area contributed by atoms with Crippen LogP contribution in [0.5, 0.6) is 5.75 Å². The topological polar surface area (TPSA) is 90.6 Å². The predicted octanol–water partition coefficient (Wildman–Crippen LogP) is 3.77. The zero-order valence-corrected chi connectivity index (χ0v) is 15.8. The maximum atomic E-state index is 12.6. The number of esters is 1. The van der Waals surface area contributed by atoms with E-state index in [9.17, 15) is 14.7 Å². The number of amides is 1. The van der Waals surface area contributed by atoms with Crippen LogP contribution in [0.4, 0.5) is 5.69 Å². The van der Waals surface area contributed by atoms with Crippen LogP contribution in [0.3, 0.4) is 0 Å². The summed E-state index contributed by atoms with van der Waals surface area (Å²) in [5.74, 6) is -1.20. The van der Waals surface area contributed by atoms with E-state index < -0.39 is 18.5 Å². The highest BCUT2D eigenvalue weighted by atomic mass is 35.5. The number of phenols is 1. The highest BCUT2D eigenvalue weighted by Gasteiger charge is 2.19. The number of carbonyl (C=O) groups excluding carboxylic acids is 2. The quantitative estimate of drug-likeness (QED) is 0.763. The molecule has 0 bridgehead atoms. The molecule has 1 amide bonds. The molecule has 0 spiro atoms. The minimum Gasteiger partial charge on any atom is -0.508 e. The van der Waals surface area contributed by atoms with Gasteiger partial charge in [0.25, 0.3) is 5.91 Å². The minimum atomic E-state index is -0.717. The molecule has 0 radical (unpaired) electrons. The van der Waals surface area contributed by atoms with Gasteiger partial charge in [-0.2, -0.15) is 5.26 Å². The fourth-order valence-electron chi connectivity index (χ4n) is 2.38. The molecule has 0 aliphatic heterocycles.